The summed E-state index contributed by atoms with van der Waals surface area (Å²) < 4.78 is 58.1. The van der Waals surface area contributed by atoms with E-state index in [1.54, 1.807) is 58.5 Å². The van der Waals surface area contributed by atoms with Crippen molar-refractivity contribution >= 4 is 28.6 Å². The maximum absolute atomic E-state index is 14.7. The molecule has 0 aliphatic carbocycles. The van der Waals surface area contributed by atoms with Crippen LogP contribution >= 0.6 is 22.6 Å². The molecule has 17 nitrogen and oxygen atoms in total. The first-order valence-electron chi connectivity index (χ1n) is 25.0. The molecule has 7 N–H and O–H groups in total. The number of halogens is 2. The zero-order valence-electron chi connectivity index (χ0n) is 44.3. The van der Waals surface area contributed by atoms with E-state index in [1.165, 1.54) is 19.0 Å². The minimum absolute atomic E-state index is 0.000340. The van der Waals surface area contributed by atoms with Gasteiger partial charge < -0.3 is 73.7 Å². The average molecular weight is 1110 g/mol. The summed E-state index contributed by atoms with van der Waals surface area (Å²) in [5.74, 6) is 4.13. The highest BCUT2D eigenvalue weighted by Gasteiger charge is 2.51. The molecule has 3 heterocycles. The van der Waals surface area contributed by atoms with E-state index < -0.39 is 94.5 Å². The van der Waals surface area contributed by atoms with Crippen molar-refractivity contribution in [3.8, 4) is 0 Å². The van der Waals surface area contributed by atoms with Crippen molar-refractivity contribution in [1.29, 1.82) is 0 Å². The fourth-order valence-electron chi connectivity index (χ4n) is 10.7. The minimum Gasteiger partial charge on any atom is -0.448 e. The van der Waals surface area contributed by atoms with Gasteiger partial charge in [-0.15, -0.1) is 0 Å². The van der Waals surface area contributed by atoms with Gasteiger partial charge in [0.15, 0.2) is 16.7 Å². The van der Waals surface area contributed by atoms with Crippen LogP contribution in [0, 0.1) is 17.8 Å². The smallest absolute Gasteiger partial charge is 0.312 e. The number of hydrazine groups is 1. The number of aliphatic hydroxyl groups excluding tert-OH is 2. The van der Waals surface area contributed by atoms with E-state index in [-0.39, 0.29) is 37.2 Å². The van der Waals surface area contributed by atoms with Gasteiger partial charge in [0, 0.05) is 89.9 Å². The molecule has 0 radical (unpaired) electrons. The van der Waals surface area contributed by atoms with Gasteiger partial charge in [0.05, 0.1) is 48.1 Å². The third kappa shape index (κ3) is 15.8. The number of benzene rings is 1. The van der Waals surface area contributed by atoms with E-state index in [2.05, 4.69) is 10.2 Å². The highest BCUT2D eigenvalue weighted by molar-refractivity contribution is 14.1. The molecule has 3 aliphatic rings. The number of nitrogens with zero attached hydrogens (tertiary/aromatic N) is 3. The van der Waals surface area contributed by atoms with E-state index in [9.17, 15) is 29.6 Å². The van der Waals surface area contributed by atoms with Gasteiger partial charge >= 0.3 is 5.97 Å². The number of aliphatic hydroxyl groups is 4. The lowest BCUT2D eigenvalue weighted by atomic mass is 9.77. The van der Waals surface area contributed by atoms with Crippen LogP contribution in [0.5, 0.6) is 0 Å². The third-order valence-corrected chi connectivity index (χ3v) is 16.7. The van der Waals surface area contributed by atoms with Gasteiger partial charge in [-0.2, -0.15) is 0 Å². The Bertz CT molecular complexity index is 1790. The number of methoxy groups -OCH3 is 2. The van der Waals surface area contributed by atoms with Gasteiger partial charge in [-0.3, -0.25) is 4.79 Å². The molecule has 18 atom stereocenters. The van der Waals surface area contributed by atoms with Crippen LogP contribution in [-0.2, 0) is 44.6 Å². The molecule has 3 aliphatic heterocycles. The topological polar surface area (TPSA) is 210 Å². The number of hydrogen-bond donors (Lipinski definition) is 6. The number of carbonyl (C=O) groups is 1. The summed E-state index contributed by atoms with van der Waals surface area (Å²) in [5.41, 5.74) is -1.61. The first-order chi connectivity index (χ1) is 32.7. The quantitative estimate of drug-likeness (QED) is 0.0392. The van der Waals surface area contributed by atoms with Gasteiger partial charge in [0.25, 0.3) is 0 Å². The zero-order chi connectivity index (χ0) is 52.5. The second-order valence-electron chi connectivity index (χ2n) is 21.4. The Hall–Kier alpha value is -1.83. The highest BCUT2D eigenvalue weighted by atomic mass is 127. The normalized spacial score (nSPS) is 38.9. The predicted molar refractivity (Wildman–Crippen MR) is 274 cm³/mol. The molecule has 0 unspecified atom stereocenters. The van der Waals surface area contributed by atoms with Gasteiger partial charge in [0.1, 0.15) is 30.5 Å². The second-order valence-corrected chi connectivity index (χ2v) is 22.5. The Morgan fingerprint density at radius 1 is 1.01 bits per heavy atom. The second kappa shape index (κ2) is 26.6. The number of carbonyl (C=O) groups excluding carboxylic acids is 1. The Morgan fingerprint density at radius 3 is 2.24 bits per heavy atom. The van der Waals surface area contributed by atoms with Crippen molar-refractivity contribution in [3.63, 3.8) is 0 Å². The molecule has 3 fully saturated rings. The van der Waals surface area contributed by atoms with Crippen molar-refractivity contribution in [1.82, 2.24) is 20.1 Å². The van der Waals surface area contributed by atoms with Crippen molar-refractivity contribution in [3.05, 3.63) is 47.3 Å². The summed E-state index contributed by atoms with van der Waals surface area (Å²) in [4.78, 5) is 18.5. The fraction of sp³-hybridized carbons (Fsp3) is 0.824. The molecule has 1 aromatic rings. The van der Waals surface area contributed by atoms with Crippen LogP contribution in [0.15, 0.2) is 36.2 Å². The molecular weight excluding hydrogens is 1020 g/mol. The first kappa shape index (κ1) is 60.7. The van der Waals surface area contributed by atoms with Crippen LogP contribution in [0.1, 0.15) is 118 Å². The standard InChI is InChI=1S/C51H89FIN5O12/c1-30-23-50(8,62)46(33(4)43(68-42-25-49(7,65-14)24-32(3)67-42)34(5)47(61)70-48(53)51(9,63)45(60)35(6)57(12)27-30)69-41-22-39(21-31(2)66-41)56(11)20-19-38(55-10)28-58(54)40(26-52)44(64-13)37-17-15-36(29-59)16-18-37/h15-18,28,30-35,39-46,48,55,59-60,62-63H,19-27,29,54H2,1-14H3/b38-28-/t30-,31-,32+,33+,34-,35-,39+,40-,41+,42+,43+,44-,45-,46-,48+,49+,50-,51+/m1/s1. The summed E-state index contributed by atoms with van der Waals surface area (Å²) in [6.45, 7) is 16.8. The summed E-state index contributed by atoms with van der Waals surface area (Å²) in [5, 5.41) is 50.1. The number of hydrogen-bond acceptors (Lipinski definition) is 17. The van der Waals surface area contributed by atoms with Gasteiger partial charge in [-0.1, -0.05) is 38.1 Å². The molecule has 4 rings (SSSR count). The van der Waals surface area contributed by atoms with Crippen LogP contribution in [-0.4, -0.2) is 178 Å². The molecule has 0 spiro atoms. The van der Waals surface area contributed by atoms with Crippen molar-refractivity contribution in [2.24, 2.45) is 23.6 Å². The largest absolute Gasteiger partial charge is 0.448 e. The summed E-state index contributed by atoms with van der Waals surface area (Å²) in [7, 11) is 8.88. The molecule has 404 valence electrons. The number of ether oxygens (including phenoxy) is 7. The molecule has 70 heavy (non-hydrogen) atoms. The Kier molecular flexibility index (Phi) is 23.1. The number of alkyl halides is 2. The molecule has 0 saturated carbocycles. The van der Waals surface area contributed by atoms with Crippen molar-refractivity contribution in [2.75, 3.05) is 55.1 Å². The molecule has 19 heteroatoms. The Morgan fingerprint density at radius 2 is 1.66 bits per heavy atom. The molecule has 0 aromatic heterocycles. The van der Waals surface area contributed by atoms with Crippen LogP contribution < -0.4 is 11.2 Å². The van der Waals surface area contributed by atoms with Crippen molar-refractivity contribution < 1.29 is 62.8 Å². The van der Waals surface area contributed by atoms with Crippen LogP contribution in [0.4, 0.5) is 4.39 Å². The zero-order valence-corrected chi connectivity index (χ0v) is 46.5. The van der Waals surface area contributed by atoms with E-state index in [0.29, 0.717) is 45.2 Å². The number of cyclic esters (lactones) is 1. The van der Waals surface area contributed by atoms with E-state index in [1.807, 2.05) is 83.1 Å². The number of nitrogens with two attached hydrogens (primary N) is 1. The monoisotopic (exact) mass is 1110 g/mol. The highest BCUT2D eigenvalue weighted by Crippen LogP contribution is 2.40. The number of esters is 1. The molecule has 0 amide bonds. The van der Waals surface area contributed by atoms with Crippen LogP contribution in [0.2, 0.25) is 0 Å². The maximum atomic E-state index is 14.7. The van der Waals surface area contributed by atoms with E-state index >= 15 is 0 Å². The minimum atomic E-state index is -1.82. The van der Waals surface area contributed by atoms with Crippen molar-refractivity contribution in [2.45, 2.75) is 196 Å². The lowest BCUT2D eigenvalue weighted by Gasteiger charge is -2.47. The van der Waals surface area contributed by atoms with Crippen LogP contribution in [0.3, 0.4) is 0 Å². The predicted octanol–water partition coefficient (Wildman–Crippen LogP) is 5.16. The third-order valence-electron chi connectivity index (χ3n) is 15.1. The molecule has 3 saturated heterocycles. The Labute approximate surface area is 431 Å². The summed E-state index contributed by atoms with van der Waals surface area (Å²) >= 11 is 1.87. The fourth-order valence-corrected chi connectivity index (χ4v) is 11.4. The molecule has 1 aromatic carbocycles. The first-order valence-corrected chi connectivity index (χ1v) is 26.2. The summed E-state index contributed by atoms with van der Waals surface area (Å²) in [6.07, 6.45) is -1.06. The number of rotatable bonds is 17. The van der Waals surface area contributed by atoms with E-state index in [4.69, 9.17) is 39.0 Å². The van der Waals surface area contributed by atoms with Gasteiger partial charge in [0.2, 0.25) is 0 Å². The molecular formula is C51H89FIN5O12. The number of nitrogens with one attached hydrogen (secondary N) is 1. The molecule has 0 bridgehead atoms. The number of likely N-dealkylation sites (N-methyl/N-ethyl adjacent to an activating group) is 1. The van der Waals surface area contributed by atoms with Gasteiger partial charge in [-0.25, -0.2) is 10.2 Å². The Balaban J connectivity index is 1.64. The summed E-state index contributed by atoms with van der Waals surface area (Å²) in [6, 6.07) is 5.80. The lowest BCUT2D eigenvalue weighted by Crippen LogP contribution is -2.57. The van der Waals surface area contributed by atoms with Crippen LogP contribution in [0.25, 0.3) is 0 Å². The van der Waals surface area contributed by atoms with E-state index in [0.717, 1.165) is 16.8 Å². The SMILES string of the molecule is CN/C(=C\N(N)[C@H](CF)[C@H](OC)c1ccc(CO)cc1)CCN(C)[C@@H]1C[C@H](O[C@@H]2[C@@H](C)[C@H](O[C@H]3C[C@@](C)(OC)C[C@H](C)O3)[C@@H](C)C(=O)O[C@H](I)[C@@](C)(O)[C@H](O)[C@@H](C)N(C)C[C@H](C)C[C@@]2(C)O)O[C@H](C)C1. The average Bonchev–Trinajstić information content (AvgIpc) is 3.30. The lowest BCUT2D eigenvalue weighted by molar-refractivity contribution is -0.291. The van der Waals surface area contributed by atoms with Gasteiger partial charge in [-0.05, 0) is 115 Å². The maximum Gasteiger partial charge on any atom is 0.312 e.